The Kier molecular flexibility index (Phi) is 4.02. The maximum absolute atomic E-state index is 9.06. The normalized spacial score (nSPS) is 10.5. The lowest BCUT2D eigenvalue weighted by atomic mass is 10.0. The topological polar surface area (TPSA) is 72.2 Å². The molecule has 0 unspecified atom stereocenters. The maximum Gasteiger partial charge on any atom is 0.137 e. The van der Waals surface area contributed by atoms with E-state index in [4.69, 9.17) is 9.94 Å². The number of rotatable bonds is 5. The summed E-state index contributed by atoms with van der Waals surface area (Å²) in [7, 11) is 1.64. The molecule has 0 aliphatic carbocycles. The zero-order valence-electron chi connectivity index (χ0n) is 12.1. The molecule has 1 heterocycles. The summed E-state index contributed by atoms with van der Waals surface area (Å²) in [5, 5.41) is 13.2. The van der Waals surface area contributed by atoms with Gasteiger partial charge in [0.05, 0.1) is 19.3 Å². The van der Waals surface area contributed by atoms with Crippen molar-refractivity contribution in [2.24, 2.45) is 0 Å². The second-order valence-corrected chi connectivity index (χ2v) is 4.82. The van der Waals surface area contributed by atoms with Gasteiger partial charge in [0.1, 0.15) is 18.4 Å². The predicted octanol–water partition coefficient (Wildman–Crippen LogP) is 2.80. The van der Waals surface area contributed by atoms with Crippen LogP contribution in [0.5, 0.6) is 5.75 Å². The van der Waals surface area contributed by atoms with E-state index in [1.807, 2.05) is 30.3 Å². The molecular formula is C16H16N4O2. The Balaban J connectivity index is 2.00. The van der Waals surface area contributed by atoms with E-state index in [2.05, 4.69) is 21.6 Å². The van der Waals surface area contributed by atoms with Crippen molar-refractivity contribution in [1.29, 1.82) is 0 Å². The van der Waals surface area contributed by atoms with Crippen LogP contribution in [0.3, 0.4) is 0 Å². The Morgan fingerprint density at radius 3 is 2.86 bits per heavy atom. The summed E-state index contributed by atoms with van der Waals surface area (Å²) in [6.07, 6.45) is 3.20. The SMILES string of the molecule is COc1ccc(Cn2cncn2)cc1-c1cccc(NO)c1. The van der Waals surface area contributed by atoms with Crippen LogP contribution in [-0.4, -0.2) is 27.1 Å². The highest BCUT2D eigenvalue weighted by Crippen LogP contribution is 2.32. The van der Waals surface area contributed by atoms with Crippen molar-refractivity contribution in [2.45, 2.75) is 6.54 Å². The Morgan fingerprint density at radius 1 is 1.23 bits per heavy atom. The van der Waals surface area contributed by atoms with Gasteiger partial charge in [-0.05, 0) is 35.4 Å². The smallest absolute Gasteiger partial charge is 0.137 e. The summed E-state index contributed by atoms with van der Waals surface area (Å²) in [4.78, 5) is 3.95. The molecule has 3 rings (SSSR count). The molecule has 0 saturated heterocycles. The third kappa shape index (κ3) is 2.91. The number of ether oxygens (including phenoxy) is 1. The quantitative estimate of drug-likeness (QED) is 0.708. The molecule has 0 fully saturated rings. The van der Waals surface area contributed by atoms with Gasteiger partial charge in [-0.1, -0.05) is 18.2 Å². The number of nitrogens with zero attached hydrogens (tertiary/aromatic N) is 3. The van der Waals surface area contributed by atoms with Crippen molar-refractivity contribution in [3.8, 4) is 16.9 Å². The highest BCUT2D eigenvalue weighted by Gasteiger charge is 2.08. The Bertz CT molecular complexity index is 757. The van der Waals surface area contributed by atoms with Crippen LogP contribution in [0.25, 0.3) is 11.1 Å². The second-order valence-electron chi connectivity index (χ2n) is 4.82. The van der Waals surface area contributed by atoms with Gasteiger partial charge in [0, 0.05) is 5.56 Å². The average Bonchev–Trinajstić information content (AvgIpc) is 3.08. The van der Waals surface area contributed by atoms with Crippen LogP contribution in [0.2, 0.25) is 0 Å². The molecule has 3 aromatic rings. The number of hydrogen-bond acceptors (Lipinski definition) is 5. The first kappa shape index (κ1) is 14.1. The highest BCUT2D eigenvalue weighted by atomic mass is 16.5. The summed E-state index contributed by atoms with van der Waals surface area (Å²) in [5.74, 6) is 0.775. The molecule has 1 aromatic heterocycles. The lowest BCUT2D eigenvalue weighted by Gasteiger charge is -2.12. The average molecular weight is 296 g/mol. The molecular weight excluding hydrogens is 280 g/mol. The molecule has 0 amide bonds. The summed E-state index contributed by atoms with van der Waals surface area (Å²) < 4.78 is 7.21. The molecule has 22 heavy (non-hydrogen) atoms. The molecule has 2 N–H and O–H groups in total. The minimum atomic E-state index is 0.626. The Hall–Kier alpha value is -2.86. The van der Waals surface area contributed by atoms with Crippen LogP contribution < -0.4 is 10.2 Å². The van der Waals surface area contributed by atoms with E-state index in [1.165, 1.54) is 6.33 Å². The van der Waals surface area contributed by atoms with E-state index < -0.39 is 0 Å². The predicted molar refractivity (Wildman–Crippen MR) is 83.0 cm³/mol. The Morgan fingerprint density at radius 2 is 2.14 bits per heavy atom. The number of benzene rings is 2. The standard InChI is InChI=1S/C16H16N4O2/c1-22-16-6-5-12(9-20-11-17-10-18-20)7-15(16)13-3-2-4-14(8-13)19-21/h2-8,10-11,19,21H,9H2,1H3. The van der Waals surface area contributed by atoms with Gasteiger partial charge < -0.3 is 4.74 Å². The fourth-order valence-corrected chi connectivity index (χ4v) is 2.34. The van der Waals surface area contributed by atoms with Crippen LogP contribution in [-0.2, 0) is 6.54 Å². The van der Waals surface area contributed by atoms with E-state index in [9.17, 15) is 0 Å². The summed E-state index contributed by atoms with van der Waals surface area (Å²) in [6, 6.07) is 13.5. The summed E-state index contributed by atoms with van der Waals surface area (Å²) in [6.45, 7) is 0.634. The van der Waals surface area contributed by atoms with Gasteiger partial charge in [-0.15, -0.1) is 0 Å². The zero-order chi connectivity index (χ0) is 15.4. The van der Waals surface area contributed by atoms with Gasteiger partial charge in [-0.3, -0.25) is 10.7 Å². The van der Waals surface area contributed by atoms with Crippen LogP contribution in [0.15, 0.2) is 55.1 Å². The molecule has 0 atom stereocenters. The molecule has 0 spiro atoms. The minimum Gasteiger partial charge on any atom is -0.496 e. The van der Waals surface area contributed by atoms with E-state index in [0.717, 1.165) is 22.4 Å². The number of nitrogens with one attached hydrogen (secondary N) is 1. The third-order valence-corrected chi connectivity index (χ3v) is 3.38. The fourth-order valence-electron chi connectivity index (χ4n) is 2.34. The molecule has 0 aliphatic rings. The van der Waals surface area contributed by atoms with Crippen LogP contribution in [0.4, 0.5) is 5.69 Å². The van der Waals surface area contributed by atoms with Gasteiger partial charge in [0.15, 0.2) is 0 Å². The maximum atomic E-state index is 9.06. The van der Waals surface area contributed by atoms with Gasteiger partial charge in [0.25, 0.3) is 0 Å². The first-order valence-corrected chi connectivity index (χ1v) is 6.80. The number of hydrogen-bond donors (Lipinski definition) is 2. The molecule has 0 bridgehead atoms. The van der Waals surface area contributed by atoms with Crippen molar-refractivity contribution in [3.63, 3.8) is 0 Å². The highest BCUT2D eigenvalue weighted by molar-refractivity contribution is 5.74. The van der Waals surface area contributed by atoms with Crippen molar-refractivity contribution in [1.82, 2.24) is 14.8 Å². The molecule has 2 aromatic carbocycles. The second kappa shape index (κ2) is 6.28. The van der Waals surface area contributed by atoms with Gasteiger partial charge in [0.2, 0.25) is 0 Å². The fraction of sp³-hybridized carbons (Fsp3) is 0.125. The lowest BCUT2D eigenvalue weighted by molar-refractivity contribution is 0.389. The third-order valence-electron chi connectivity index (χ3n) is 3.38. The molecule has 112 valence electrons. The van der Waals surface area contributed by atoms with E-state index in [0.29, 0.717) is 12.2 Å². The number of aromatic nitrogens is 3. The van der Waals surface area contributed by atoms with Crippen molar-refractivity contribution in [3.05, 3.63) is 60.7 Å². The monoisotopic (exact) mass is 296 g/mol. The molecule has 0 radical (unpaired) electrons. The van der Waals surface area contributed by atoms with Gasteiger partial charge in [-0.2, -0.15) is 5.10 Å². The zero-order valence-corrected chi connectivity index (χ0v) is 12.1. The Labute approximate surface area is 128 Å². The van der Waals surface area contributed by atoms with Gasteiger partial charge in [-0.25, -0.2) is 9.67 Å². The van der Waals surface area contributed by atoms with Crippen molar-refractivity contribution >= 4 is 5.69 Å². The van der Waals surface area contributed by atoms with Crippen LogP contribution in [0.1, 0.15) is 5.56 Å². The molecule has 6 nitrogen and oxygen atoms in total. The minimum absolute atomic E-state index is 0.626. The number of anilines is 1. The molecule has 0 saturated carbocycles. The van der Waals surface area contributed by atoms with Crippen LogP contribution in [0, 0.1) is 0 Å². The first-order valence-electron chi connectivity index (χ1n) is 6.80. The molecule has 0 aliphatic heterocycles. The van der Waals surface area contributed by atoms with Crippen molar-refractivity contribution in [2.75, 3.05) is 12.6 Å². The van der Waals surface area contributed by atoms with E-state index >= 15 is 0 Å². The van der Waals surface area contributed by atoms with Crippen LogP contribution >= 0.6 is 0 Å². The summed E-state index contributed by atoms with van der Waals surface area (Å²) in [5.41, 5.74) is 5.79. The van der Waals surface area contributed by atoms with Crippen molar-refractivity contribution < 1.29 is 9.94 Å². The molecule has 6 heteroatoms. The number of methoxy groups -OCH3 is 1. The first-order chi connectivity index (χ1) is 10.8. The largest absolute Gasteiger partial charge is 0.496 e. The van der Waals surface area contributed by atoms with E-state index in [1.54, 1.807) is 24.2 Å². The summed E-state index contributed by atoms with van der Waals surface area (Å²) >= 11 is 0. The lowest BCUT2D eigenvalue weighted by Crippen LogP contribution is -2.00. The van der Waals surface area contributed by atoms with Gasteiger partial charge >= 0.3 is 0 Å². The van der Waals surface area contributed by atoms with E-state index in [-0.39, 0.29) is 0 Å².